The Hall–Kier alpha value is -3.90. The maximum atomic E-state index is 14.6. The van der Waals surface area contributed by atoms with Gasteiger partial charge in [0.2, 0.25) is 23.5 Å². The number of hydrogen-bond acceptors (Lipinski definition) is 8. The third kappa shape index (κ3) is 9.06. The van der Waals surface area contributed by atoms with Crippen LogP contribution in [0.15, 0.2) is 18.6 Å². The fourth-order valence-electron chi connectivity index (χ4n) is 7.99. The Bertz CT molecular complexity index is 1400. The van der Waals surface area contributed by atoms with Gasteiger partial charge in [-0.25, -0.2) is 4.98 Å². The van der Waals surface area contributed by atoms with Gasteiger partial charge in [0, 0.05) is 25.0 Å². The summed E-state index contributed by atoms with van der Waals surface area (Å²) in [4.78, 5) is 91.8. The SMILES string of the molecule is CCCCC(NC(=O)C1C2CCCC2CN1C(=O)C(NC(=O)C(NC(=O)c1cnccn1)C1CCCCC1)C(C)(C)C)C(=O)C(=O)NC1CC1. The lowest BCUT2D eigenvalue weighted by Gasteiger charge is -2.38. The number of fused-ring (bicyclic) bond motifs is 1. The molecule has 6 unspecified atom stereocenters. The highest BCUT2D eigenvalue weighted by molar-refractivity contribution is 6.38. The number of nitrogens with zero attached hydrogens (tertiary/aromatic N) is 3. The molecule has 1 aromatic rings. The van der Waals surface area contributed by atoms with Crippen molar-refractivity contribution in [1.29, 1.82) is 0 Å². The number of unbranched alkanes of at least 4 members (excludes halogenated alkanes) is 1. The van der Waals surface area contributed by atoms with Gasteiger partial charge in [-0.2, -0.15) is 0 Å². The van der Waals surface area contributed by atoms with Crippen molar-refractivity contribution < 1.29 is 28.8 Å². The van der Waals surface area contributed by atoms with E-state index in [2.05, 4.69) is 31.2 Å². The Kier molecular flexibility index (Phi) is 12.3. The van der Waals surface area contributed by atoms with Crippen LogP contribution in [-0.2, 0) is 24.0 Å². The maximum Gasteiger partial charge on any atom is 0.289 e. The molecule has 3 aliphatic carbocycles. The van der Waals surface area contributed by atoms with E-state index in [1.165, 1.54) is 18.6 Å². The first-order valence-electron chi connectivity index (χ1n) is 18.7. The van der Waals surface area contributed by atoms with Crippen molar-refractivity contribution in [3.8, 4) is 0 Å². The second kappa shape index (κ2) is 16.4. The lowest BCUT2D eigenvalue weighted by Crippen LogP contribution is -2.62. The number of amides is 5. The van der Waals surface area contributed by atoms with E-state index in [1.54, 1.807) is 4.90 Å². The molecule has 5 amide bonds. The summed E-state index contributed by atoms with van der Waals surface area (Å²) in [6, 6.07) is -3.67. The van der Waals surface area contributed by atoms with E-state index >= 15 is 0 Å². The molecule has 2 heterocycles. The molecule has 0 spiro atoms. The molecule has 1 aromatic heterocycles. The highest BCUT2D eigenvalue weighted by atomic mass is 16.2. The van der Waals surface area contributed by atoms with Crippen LogP contribution in [0.4, 0.5) is 0 Å². The molecule has 0 bridgehead atoms. The summed E-state index contributed by atoms with van der Waals surface area (Å²) in [6.07, 6.45) is 14.8. The summed E-state index contributed by atoms with van der Waals surface area (Å²) >= 11 is 0. The number of hydrogen-bond donors (Lipinski definition) is 4. The summed E-state index contributed by atoms with van der Waals surface area (Å²) in [6.45, 7) is 7.96. The van der Waals surface area contributed by atoms with Crippen molar-refractivity contribution in [2.75, 3.05) is 6.54 Å². The molecule has 0 aromatic carbocycles. The highest BCUT2D eigenvalue weighted by Crippen LogP contribution is 2.43. The first-order valence-corrected chi connectivity index (χ1v) is 18.7. The topological polar surface area (TPSA) is 180 Å². The van der Waals surface area contributed by atoms with Crippen molar-refractivity contribution in [3.05, 3.63) is 24.3 Å². The van der Waals surface area contributed by atoms with Crippen molar-refractivity contribution in [2.45, 2.75) is 141 Å². The van der Waals surface area contributed by atoms with E-state index < -0.39 is 59.0 Å². The average Bonchev–Trinajstić information content (AvgIpc) is 3.67. The number of ketones is 1. The van der Waals surface area contributed by atoms with Crippen molar-refractivity contribution >= 4 is 35.3 Å². The monoisotopic (exact) mass is 693 g/mol. The molecule has 3 saturated carbocycles. The molecule has 0 radical (unpaired) electrons. The number of likely N-dealkylation sites (tertiary alicyclic amines) is 1. The molecule has 4 N–H and O–H groups in total. The van der Waals surface area contributed by atoms with Gasteiger partial charge in [0.15, 0.2) is 0 Å². The van der Waals surface area contributed by atoms with Gasteiger partial charge in [-0.15, -0.1) is 0 Å². The Labute approximate surface area is 295 Å². The van der Waals surface area contributed by atoms with Gasteiger partial charge in [0.1, 0.15) is 23.8 Å². The zero-order valence-corrected chi connectivity index (χ0v) is 30.0. The minimum atomic E-state index is -0.995. The van der Waals surface area contributed by atoms with Crippen LogP contribution in [0.2, 0.25) is 0 Å². The molecule has 13 heteroatoms. The number of aromatic nitrogens is 2. The Morgan fingerprint density at radius 2 is 1.64 bits per heavy atom. The van der Waals surface area contributed by atoms with Gasteiger partial charge < -0.3 is 26.2 Å². The zero-order valence-electron chi connectivity index (χ0n) is 30.0. The lowest BCUT2D eigenvalue weighted by molar-refractivity contribution is -0.146. The molecule has 1 saturated heterocycles. The fraction of sp³-hybridized carbons (Fsp3) is 0.730. The second-order valence-electron chi connectivity index (χ2n) is 15.9. The third-order valence-electron chi connectivity index (χ3n) is 10.9. The fourth-order valence-corrected chi connectivity index (χ4v) is 7.99. The number of carbonyl (C=O) groups is 6. The molecular weight excluding hydrogens is 638 g/mol. The largest absolute Gasteiger partial charge is 0.347 e. The van der Waals surface area contributed by atoms with Crippen molar-refractivity contribution in [3.63, 3.8) is 0 Å². The summed E-state index contributed by atoms with van der Waals surface area (Å²) in [5.41, 5.74) is -0.638. The predicted octanol–water partition coefficient (Wildman–Crippen LogP) is 2.84. The maximum absolute atomic E-state index is 14.6. The van der Waals surface area contributed by atoms with E-state index in [1.807, 2.05) is 27.7 Å². The van der Waals surface area contributed by atoms with Gasteiger partial charge >= 0.3 is 0 Å². The molecule has 13 nitrogen and oxygen atoms in total. The van der Waals surface area contributed by atoms with Crippen LogP contribution in [-0.4, -0.2) is 86.9 Å². The Balaban J connectivity index is 1.36. The van der Waals surface area contributed by atoms with Gasteiger partial charge in [-0.1, -0.05) is 66.2 Å². The molecule has 1 aliphatic heterocycles. The van der Waals surface area contributed by atoms with E-state index in [0.717, 1.165) is 70.6 Å². The van der Waals surface area contributed by atoms with Crippen LogP contribution >= 0.6 is 0 Å². The Morgan fingerprint density at radius 1 is 0.900 bits per heavy atom. The minimum absolute atomic E-state index is 0.0127. The van der Waals surface area contributed by atoms with E-state index in [4.69, 9.17) is 0 Å². The van der Waals surface area contributed by atoms with E-state index in [0.29, 0.717) is 19.4 Å². The molecule has 274 valence electrons. The number of Topliss-reactive ketones (excluding diaryl/α,β-unsaturated/α-hetero) is 1. The summed E-state index contributed by atoms with van der Waals surface area (Å²) in [5.74, 6) is -3.17. The second-order valence-corrected chi connectivity index (χ2v) is 15.9. The van der Waals surface area contributed by atoms with Gasteiger partial charge in [-0.05, 0) is 68.1 Å². The van der Waals surface area contributed by atoms with Crippen LogP contribution in [0.3, 0.4) is 0 Å². The first-order chi connectivity index (χ1) is 23.9. The van der Waals surface area contributed by atoms with Crippen LogP contribution in [0.25, 0.3) is 0 Å². The lowest BCUT2D eigenvalue weighted by atomic mass is 9.82. The summed E-state index contributed by atoms with van der Waals surface area (Å²) in [7, 11) is 0. The van der Waals surface area contributed by atoms with Gasteiger partial charge in [-0.3, -0.25) is 33.8 Å². The molecular formula is C37H55N7O6. The quantitative estimate of drug-likeness (QED) is 0.215. The number of rotatable bonds is 14. The number of carbonyl (C=O) groups excluding carboxylic acids is 6. The van der Waals surface area contributed by atoms with Gasteiger partial charge in [0.25, 0.3) is 11.8 Å². The summed E-state index contributed by atoms with van der Waals surface area (Å²) in [5, 5.41) is 11.5. The van der Waals surface area contributed by atoms with E-state index in [-0.39, 0.29) is 35.4 Å². The average molecular weight is 694 g/mol. The van der Waals surface area contributed by atoms with E-state index in [9.17, 15) is 28.8 Å². The molecule has 50 heavy (non-hydrogen) atoms. The van der Waals surface area contributed by atoms with Crippen LogP contribution in [0.5, 0.6) is 0 Å². The smallest absolute Gasteiger partial charge is 0.289 e. The molecule has 6 atom stereocenters. The van der Waals surface area contributed by atoms with Crippen LogP contribution in [0, 0.1) is 23.2 Å². The van der Waals surface area contributed by atoms with Gasteiger partial charge in [0.05, 0.1) is 12.2 Å². The molecule has 5 rings (SSSR count). The van der Waals surface area contributed by atoms with Crippen molar-refractivity contribution in [2.24, 2.45) is 23.2 Å². The first kappa shape index (κ1) is 37.4. The molecule has 4 fully saturated rings. The Morgan fingerprint density at radius 3 is 2.28 bits per heavy atom. The summed E-state index contributed by atoms with van der Waals surface area (Å²) < 4.78 is 0. The third-order valence-corrected chi connectivity index (χ3v) is 10.9. The van der Waals surface area contributed by atoms with Crippen LogP contribution < -0.4 is 21.3 Å². The molecule has 4 aliphatic rings. The standard InChI is InChI=1S/C37H55N7O6/c1-5-6-15-26(30(45)35(49)40-24-16-17-24)41-34(48)29-25-14-10-13-23(25)21-44(29)36(50)31(37(2,3)4)43-33(47)28(22-11-8-7-9-12-22)42-32(46)27-20-38-18-19-39-27/h18-20,22-26,28-29,31H,5-17,21H2,1-4H3,(H,40,49)(H,41,48)(H,42,46)(H,43,47). The van der Waals surface area contributed by atoms with Crippen molar-refractivity contribution in [1.82, 2.24) is 36.1 Å². The highest BCUT2D eigenvalue weighted by Gasteiger charge is 2.52. The van der Waals surface area contributed by atoms with Crippen LogP contribution in [0.1, 0.15) is 122 Å². The zero-order chi connectivity index (χ0) is 36.0. The normalized spacial score (nSPS) is 24.0. The number of nitrogens with one attached hydrogen (secondary N) is 4. The minimum Gasteiger partial charge on any atom is -0.347 e. The predicted molar refractivity (Wildman–Crippen MR) is 185 cm³/mol.